The van der Waals surface area contributed by atoms with Crippen LogP contribution in [0.2, 0.25) is 0 Å². The summed E-state index contributed by atoms with van der Waals surface area (Å²) in [5, 5.41) is 10.1. The molecule has 0 aromatic heterocycles. The van der Waals surface area contributed by atoms with E-state index < -0.39 is 29.7 Å². The van der Waals surface area contributed by atoms with Crippen molar-refractivity contribution in [3.05, 3.63) is 71.0 Å². The van der Waals surface area contributed by atoms with Gasteiger partial charge in [-0.15, -0.1) is 12.4 Å². The lowest BCUT2D eigenvalue weighted by atomic mass is 9.96. The number of alkyl halides is 3. The van der Waals surface area contributed by atoms with Crippen molar-refractivity contribution in [2.24, 2.45) is 5.73 Å². The summed E-state index contributed by atoms with van der Waals surface area (Å²) in [5.74, 6) is -1.40. The molecule has 0 fully saturated rings. The second-order valence-electron chi connectivity index (χ2n) is 5.02. The topological polar surface area (TPSA) is 46.2 Å². The zero-order chi connectivity index (χ0) is 16.3. The molecule has 0 heterocycles. The van der Waals surface area contributed by atoms with Crippen LogP contribution in [0.1, 0.15) is 22.7 Å². The van der Waals surface area contributed by atoms with Gasteiger partial charge in [-0.2, -0.15) is 13.2 Å². The first kappa shape index (κ1) is 19.4. The minimum absolute atomic E-state index is 0. The molecule has 0 radical (unpaired) electrons. The standard InChI is InChI=1S/C16H15F4NO.ClH/c17-13-9-11(6-7-12(13)16(18,19)20)15(21)14(22)8-10-4-2-1-3-5-10;/h1-7,9,14-15,22H,8,21H2;1H/t14-,15+;/m1./s1. The Morgan fingerprint density at radius 2 is 1.65 bits per heavy atom. The Balaban J connectivity index is 0.00000264. The van der Waals surface area contributed by atoms with Crippen LogP contribution in [0.25, 0.3) is 0 Å². The number of hydrogen-bond donors (Lipinski definition) is 2. The third-order valence-electron chi connectivity index (χ3n) is 3.39. The molecule has 0 spiro atoms. The van der Waals surface area contributed by atoms with E-state index in [2.05, 4.69) is 0 Å². The minimum atomic E-state index is -4.75. The predicted octanol–water partition coefficient (Wildman–Crippen LogP) is 3.87. The molecule has 7 heteroatoms. The summed E-state index contributed by atoms with van der Waals surface area (Å²) in [4.78, 5) is 0. The Labute approximate surface area is 137 Å². The molecule has 0 aliphatic rings. The van der Waals surface area contributed by atoms with E-state index in [9.17, 15) is 22.7 Å². The first-order chi connectivity index (χ1) is 10.3. The molecular formula is C16H16ClF4NO. The summed E-state index contributed by atoms with van der Waals surface area (Å²) in [7, 11) is 0. The summed E-state index contributed by atoms with van der Waals surface area (Å²) >= 11 is 0. The maximum atomic E-state index is 13.5. The van der Waals surface area contributed by atoms with Gasteiger partial charge in [0.25, 0.3) is 0 Å². The van der Waals surface area contributed by atoms with Crippen LogP contribution < -0.4 is 5.73 Å². The molecule has 0 amide bonds. The van der Waals surface area contributed by atoms with E-state index in [0.717, 1.165) is 17.7 Å². The molecule has 0 saturated carbocycles. The predicted molar refractivity (Wildman–Crippen MR) is 81.7 cm³/mol. The van der Waals surface area contributed by atoms with E-state index in [1.807, 2.05) is 6.07 Å². The lowest BCUT2D eigenvalue weighted by Crippen LogP contribution is -2.28. The Hall–Kier alpha value is -1.63. The molecule has 23 heavy (non-hydrogen) atoms. The van der Waals surface area contributed by atoms with E-state index in [1.165, 1.54) is 0 Å². The lowest BCUT2D eigenvalue weighted by molar-refractivity contribution is -0.140. The SMILES string of the molecule is Cl.N[C@@H](c1ccc(C(F)(F)F)c(F)c1)[C@H](O)Cc1ccccc1. The van der Waals surface area contributed by atoms with Gasteiger partial charge in [0.1, 0.15) is 5.82 Å². The molecule has 0 aliphatic heterocycles. The Bertz CT molecular complexity index is 634. The molecular weight excluding hydrogens is 334 g/mol. The van der Waals surface area contributed by atoms with Gasteiger partial charge in [-0.25, -0.2) is 4.39 Å². The summed E-state index contributed by atoms with van der Waals surface area (Å²) in [6, 6.07) is 10.5. The van der Waals surface area contributed by atoms with Gasteiger partial charge in [0.15, 0.2) is 0 Å². The van der Waals surface area contributed by atoms with Crippen LogP contribution >= 0.6 is 12.4 Å². The van der Waals surface area contributed by atoms with Gasteiger partial charge in [0.2, 0.25) is 0 Å². The summed E-state index contributed by atoms with van der Waals surface area (Å²) < 4.78 is 51.1. The van der Waals surface area contributed by atoms with Crippen molar-refractivity contribution < 1.29 is 22.7 Å². The minimum Gasteiger partial charge on any atom is -0.391 e. The molecule has 2 aromatic carbocycles. The first-order valence-corrected chi connectivity index (χ1v) is 6.63. The van der Waals surface area contributed by atoms with E-state index in [0.29, 0.717) is 6.07 Å². The van der Waals surface area contributed by atoms with Gasteiger partial charge in [-0.1, -0.05) is 36.4 Å². The van der Waals surface area contributed by atoms with Gasteiger partial charge >= 0.3 is 6.18 Å². The molecule has 0 aliphatic carbocycles. The van der Waals surface area contributed by atoms with Crippen molar-refractivity contribution in [2.45, 2.75) is 24.7 Å². The van der Waals surface area contributed by atoms with Gasteiger partial charge in [-0.05, 0) is 23.3 Å². The summed E-state index contributed by atoms with van der Waals surface area (Å²) in [6.07, 6.45) is -5.56. The highest BCUT2D eigenvalue weighted by atomic mass is 35.5. The van der Waals surface area contributed by atoms with E-state index in [-0.39, 0.29) is 24.4 Å². The molecule has 2 nitrogen and oxygen atoms in total. The van der Waals surface area contributed by atoms with Crippen LogP contribution in [0.15, 0.2) is 48.5 Å². The number of aliphatic hydroxyl groups excluding tert-OH is 1. The van der Waals surface area contributed by atoms with Crippen LogP contribution in [-0.4, -0.2) is 11.2 Å². The van der Waals surface area contributed by atoms with Crippen LogP contribution in [0.5, 0.6) is 0 Å². The number of rotatable bonds is 4. The maximum Gasteiger partial charge on any atom is 0.419 e. The third kappa shape index (κ3) is 4.92. The monoisotopic (exact) mass is 349 g/mol. The van der Waals surface area contributed by atoms with E-state index >= 15 is 0 Å². The Kier molecular flexibility index (Phi) is 6.56. The third-order valence-corrected chi connectivity index (χ3v) is 3.39. The van der Waals surface area contributed by atoms with Crippen molar-refractivity contribution in [2.75, 3.05) is 0 Å². The van der Waals surface area contributed by atoms with Crippen LogP contribution in [-0.2, 0) is 12.6 Å². The number of halogens is 5. The van der Waals surface area contributed by atoms with Crippen molar-refractivity contribution in [1.82, 2.24) is 0 Å². The van der Waals surface area contributed by atoms with Crippen molar-refractivity contribution in [3.63, 3.8) is 0 Å². The average Bonchev–Trinajstić information content (AvgIpc) is 2.46. The first-order valence-electron chi connectivity index (χ1n) is 6.63. The maximum absolute atomic E-state index is 13.5. The molecule has 2 atom stereocenters. The molecule has 126 valence electrons. The summed E-state index contributed by atoms with van der Waals surface area (Å²) in [6.45, 7) is 0. The van der Waals surface area contributed by atoms with Crippen molar-refractivity contribution in [1.29, 1.82) is 0 Å². The van der Waals surface area contributed by atoms with Crippen LogP contribution in [0, 0.1) is 5.82 Å². The van der Waals surface area contributed by atoms with Gasteiger partial charge < -0.3 is 10.8 Å². The van der Waals surface area contributed by atoms with E-state index in [4.69, 9.17) is 5.73 Å². The van der Waals surface area contributed by atoms with Crippen molar-refractivity contribution in [3.8, 4) is 0 Å². The van der Waals surface area contributed by atoms with Gasteiger partial charge in [0, 0.05) is 6.42 Å². The van der Waals surface area contributed by atoms with E-state index in [1.54, 1.807) is 24.3 Å². The van der Waals surface area contributed by atoms with Crippen molar-refractivity contribution >= 4 is 12.4 Å². The largest absolute Gasteiger partial charge is 0.419 e. The highest BCUT2D eigenvalue weighted by Gasteiger charge is 2.34. The average molecular weight is 350 g/mol. The number of nitrogens with two attached hydrogens (primary N) is 1. The number of hydrogen-bond acceptors (Lipinski definition) is 2. The zero-order valence-electron chi connectivity index (χ0n) is 11.9. The zero-order valence-corrected chi connectivity index (χ0v) is 12.7. The Morgan fingerprint density at radius 3 is 2.17 bits per heavy atom. The van der Waals surface area contributed by atoms with Gasteiger partial charge in [0.05, 0.1) is 17.7 Å². The highest BCUT2D eigenvalue weighted by Crippen LogP contribution is 2.32. The summed E-state index contributed by atoms with van der Waals surface area (Å²) in [5.41, 5.74) is 5.42. The molecule has 2 rings (SSSR count). The highest BCUT2D eigenvalue weighted by molar-refractivity contribution is 5.85. The van der Waals surface area contributed by atoms with Crippen LogP contribution in [0.3, 0.4) is 0 Å². The smallest absolute Gasteiger partial charge is 0.391 e. The van der Waals surface area contributed by atoms with Crippen LogP contribution in [0.4, 0.5) is 17.6 Å². The second kappa shape index (κ2) is 7.77. The molecule has 0 unspecified atom stereocenters. The quantitative estimate of drug-likeness (QED) is 0.823. The Morgan fingerprint density at radius 1 is 1.04 bits per heavy atom. The second-order valence-corrected chi connectivity index (χ2v) is 5.02. The molecule has 0 saturated heterocycles. The van der Waals surface area contributed by atoms with Gasteiger partial charge in [-0.3, -0.25) is 0 Å². The fourth-order valence-corrected chi connectivity index (χ4v) is 2.17. The number of aliphatic hydroxyl groups is 1. The normalized spacial score (nSPS) is 14.0. The lowest BCUT2D eigenvalue weighted by Gasteiger charge is -2.20. The molecule has 0 bridgehead atoms. The number of benzene rings is 2. The molecule has 2 aromatic rings. The fourth-order valence-electron chi connectivity index (χ4n) is 2.17. The molecule has 3 N–H and O–H groups in total. The fraction of sp³-hybridized carbons (Fsp3) is 0.250.